The average molecular weight is 312 g/mol. The van der Waals surface area contributed by atoms with Crippen LogP contribution in [-0.2, 0) is 21.3 Å². The Hall–Kier alpha value is -0.950. The van der Waals surface area contributed by atoms with Crippen LogP contribution in [0.2, 0.25) is 0 Å². The smallest absolute Gasteiger partial charge is 0.243 e. The molecular weight excluding hydrogens is 288 g/mol. The summed E-state index contributed by atoms with van der Waals surface area (Å²) in [5.74, 6) is 0. The third kappa shape index (κ3) is 3.83. The molecule has 1 saturated heterocycles. The highest BCUT2D eigenvalue weighted by atomic mass is 32.2. The second kappa shape index (κ2) is 6.87. The quantitative estimate of drug-likeness (QED) is 0.916. The van der Waals surface area contributed by atoms with Crippen molar-refractivity contribution < 1.29 is 13.2 Å². The summed E-state index contributed by atoms with van der Waals surface area (Å²) in [5, 5.41) is 3.07. The number of benzene rings is 1. The van der Waals surface area contributed by atoms with Crippen LogP contribution in [0.25, 0.3) is 0 Å². The van der Waals surface area contributed by atoms with Gasteiger partial charge < -0.3 is 10.1 Å². The molecule has 1 fully saturated rings. The van der Waals surface area contributed by atoms with Gasteiger partial charge in [0, 0.05) is 26.2 Å². The molecule has 0 bridgehead atoms. The van der Waals surface area contributed by atoms with Gasteiger partial charge in [0.05, 0.1) is 11.0 Å². The standard InChI is InChI=1S/C15H24N2O3S/c1-12-5-6-15(9-14(12)10-16-3)21(18,19)17-7-4-8-20-13(2)11-17/h5-6,9,13,16H,4,7-8,10-11H2,1-3H3. The van der Waals surface area contributed by atoms with Gasteiger partial charge in [-0.25, -0.2) is 8.42 Å². The van der Waals surface area contributed by atoms with Crippen LogP contribution in [0, 0.1) is 6.92 Å². The average Bonchev–Trinajstić information content (AvgIpc) is 2.66. The highest BCUT2D eigenvalue weighted by Gasteiger charge is 2.28. The maximum absolute atomic E-state index is 12.8. The van der Waals surface area contributed by atoms with Crippen LogP contribution < -0.4 is 5.32 Å². The molecule has 1 heterocycles. The molecule has 6 heteroatoms. The lowest BCUT2D eigenvalue weighted by Gasteiger charge is -2.22. The van der Waals surface area contributed by atoms with Crippen LogP contribution in [0.3, 0.4) is 0 Å². The molecule has 1 aromatic rings. The van der Waals surface area contributed by atoms with E-state index >= 15 is 0 Å². The number of nitrogens with zero attached hydrogens (tertiary/aromatic N) is 1. The number of ether oxygens (including phenoxy) is 1. The lowest BCUT2D eigenvalue weighted by atomic mass is 10.1. The number of sulfonamides is 1. The van der Waals surface area contributed by atoms with Crippen molar-refractivity contribution in [2.24, 2.45) is 0 Å². The van der Waals surface area contributed by atoms with Crippen molar-refractivity contribution in [1.82, 2.24) is 9.62 Å². The van der Waals surface area contributed by atoms with Gasteiger partial charge in [-0.3, -0.25) is 0 Å². The van der Waals surface area contributed by atoms with Crippen molar-refractivity contribution in [1.29, 1.82) is 0 Å². The molecule has 1 aliphatic rings. The van der Waals surface area contributed by atoms with Crippen LogP contribution in [0.5, 0.6) is 0 Å². The predicted molar refractivity (Wildman–Crippen MR) is 82.7 cm³/mol. The highest BCUT2D eigenvalue weighted by Crippen LogP contribution is 2.21. The third-order valence-corrected chi connectivity index (χ3v) is 5.60. The zero-order valence-electron chi connectivity index (χ0n) is 12.9. The molecule has 0 aromatic heterocycles. The minimum Gasteiger partial charge on any atom is -0.377 e. The number of aryl methyl sites for hydroxylation is 1. The molecule has 2 rings (SSSR count). The van der Waals surface area contributed by atoms with Crippen LogP contribution >= 0.6 is 0 Å². The first kappa shape index (κ1) is 16.4. The summed E-state index contributed by atoms with van der Waals surface area (Å²) in [4.78, 5) is 0.368. The molecule has 0 radical (unpaired) electrons. The summed E-state index contributed by atoms with van der Waals surface area (Å²) in [6.07, 6.45) is 0.670. The SMILES string of the molecule is CNCc1cc(S(=O)(=O)N2CCCOC(C)C2)ccc1C. The Bertz CT molecular complexity index is 587. The summed E-state index contributed by atoms with van der Waals surface area (Å²) in [5.41, 5.74) is 2.11. The van der Waals surface area contributed by atoms with Crippen LogP contribution in [0.4, 0.5) is 0 Å². The number of nitrogens with one attached hydrogen (secondary N) is 1. The van der Waals surface area contributed by atoms with Gasteiger partial charge in [-0.15, -0.1) is 0 Å². The summed E-state index contributed by atoms with van der Waals surface area (Å²) >= 11 is 0. The van der Waals surface area contributed by atoms with E-state index in [0.29, 0.717) is 31.1 Å². The molecule has 1 aliphatic heterocycles. The van der Waals surface area contributed by atoms with Gasteiger partial charge >= 0.3 is 0 Å². The first-order chi connectivity index (χ1) is 9.95. The van der Waals surface area contributed by atoms with Crippen molar-refractivity contribution in [2.45, 2.75) is 37.8 Å². The van der Waals surface area contributed by atoms with Crippen LogP contribution in [0.15, 0.2) is 23.1 Å². The fourth-order valence-electron chi connectivity index (χ4n) is 2.51. The molecule has 5 nitrogen and oxygen atoms in total. The molecule has 0 aliphatic carbocycles. The van der Waals surface area contributed by atoms with E-state index in [9.17, 15) is 8.42 Å². The normalized spacial score (nSPS) is 21.2. The zero-order valence-corrected chi connectivity index (χ0v) is 13.7. The zero-order chi connectivity index (χ0) is 15.5. The van der Waals surface area contributed by atoms with Crippen LogP contribution in [0.1, 0.15) is 24.5 Å². The van der Waals surface area contributed by atoms with E-state index < -0.39 is 10.0 Å². The molecule has 0 amide bonds. The Kier molecular flexibility index (Phi) is 5.37. The minimum absolute atomic E-state index is 0.0653. The summed E-state index contributed by atoms with van der Waals surface area (Å²) < 4.78 is 32.7. The second-order valence-electron chi connectivity index (χ2n) is 5.52. The van der Waals surface area contributed by atoms with Gasteiger partial charge in [-0.1, -0.05) is 6.07 Å². The maximum Gasteiger partial charge on any atom is 0.243 e. The lowest BCUT2D eigenvalue weighted by molar-refractivity contribution is 0.0752. The number of hydrogen-bond acceptors (Lipinski definition) is 4. The number of hydrogen-bond donors (Lipinski definition) is 1. The molecule has 0 saturated carbocycles. The van der Waals surface area contributed by atoms with E-state index in [4.69, 9.17) is 4.74 Å². The monoisotopic (exact) mass is 312 g/mol. The van der Waals surface area contributed by atoms with Crippen molar-refractivity contribution in [2.75, 3.05) is 26.7 Å². The fraction of sp³-hybridized carbons (Fsp3) is 0.600. The Balaban J connectivity index is 2.32. The van der Waals surface area contributed by atoms with Gasteiger partial charge in [-0.05, 0) is 50.6 Å². The minimum atomic E-state index is -3.45. The first-order valence-corrected chi connectivity index (χ1v) is 8.75. The van der Waals surface area contributed by atoms with E-state index in [1.807, 2.05) is 27.0 Å². The highest BCUT2D eigenvalue weighted by molar-refractivity contribution is 7.89. The van der Waals surface area contributed by atoms with Gasteiger partial charge in [0.2, 0.25) is 10.0 Å². The Morgan fingerprint density at radius 3 is 2.90 bits per heavy atom. The third-order valence-electron chi connectivity index (χ3n) is 3.74. The van der Waals surface area contributed by atoms with E-state index in [2.05, 4.69) is 5.32 Å². The van der Waals surface area contributed by atoms with E-state index in [-0.39, 0.29) is 6.10 Å². The van der Waals surface area contributed by atoms with E-state index in [0.717, 1.165) is 17.5 Å². The predicted octanol–water partition coefficient (Wildman–Crippen LogP) is 1.51. The summed E-state index contributed by atoms with van der Waals surface area (Å²) in [6.45, 7) is 6.11. The largest absolute Gasteiger partial charge is 0.377 e. The molecule has 1 atom stereocenters. The van der Waals surface area contributed by atoms with E-state index in [1.54, 1.807) is 16.4 Å². The molecule has 21 heavy (non-hydrogen) atoms. The summed E-state index contributed by atoms with van der Waals surface area (Å²) in [7, 11) is -1.59. The molecule has 118 valence electrons. The molecule has 1 N–H and O–H groups in total. The van der Waals surface area contributed by atoms with Crippen molar-refractivity contribution in [3.63, 3.8) is 0 Å². The lowest BCUT2D eigenvalue weighted by Crippen LogP contribution is -2.36. The first-order valence-electron chi connectivity index (χ1n) is 7.31. The Labute approximate surface area is 127 Å². The van der Waals surface area contributed by atoms with Crippen LogP contribution in [-0.4, -0.2) is 45.6 Å². The summed E-state index contributed by atoms with van der Waals surface area (Å²) in [6, 6.07) is 5.34. The van der Waals surface area contributed by atoms with Crippen molar-refractivity contribution >= 4 is 10.0 Å². The second-order valence-corrected chi connectivity index (χ2v) is 7.45. The molecular formula is C15H24N2O3S. The van der Waals surface area contributed by atoms with Gasteiger partial charge in [0.25, 0.3) is 0 Å². The Morgan fingerprint density at radius 2 is 2.19 bits per heavy atom. The molecule has 1 unspecified atom stereocenters. The maximum atomic E-state index is 12.8. The van der Waals surface area contributed by atoms with Gasteiger partial charge in [0.15, 0.2) is 0 Å². The number of rotatable bonds is 4. The molecule has 1 aromatic carbocycles. The topological polar surface area (TPSA) is 58.6 Å². The van der Waals surface area contributed by atoms with Crippen molar-refractivity contribution in [3.05, 3.63) is 29.3 Å². The van der Waals surface area contributed by atoms with Gasteiger partial charge in [-0.2, -0.15) is 4.31 Å². The molecule has 0 spiro atoms. The Morgan fingerprint density at radius 1 is 1.43 bits per heavy atom. The fourth-order valence-corrected chi connectivity index (χ4v) is 4.12. The van der Waals surface area contributed by atoms with Crippen molar-refractivity contribution in [3.8, 4) is 0 Å². The van der Waals surface area contributed by atoms with Gasteiger partial charge in [0.1, 0.15) is 0 Å². The van der Waals surface area contributed by atoms with E-state index in [1.165, 1.54) is 0 Å².